The third kappa shape index (κ3) is 4.87. The van der Waals surface area contributed by atoms with Gasteiger partial charge in [0.25, 0.3) is 0 Å². The van der Waals surface area contributed by atoms with Crippen LogP contribution >= 0.6 is 0 Å². The predicted molar refractivity (Wildman–Crippen MR) is 71.4 cm³/mol. The lowest BCUT2D eigenvalue weighted by Gasteiger charge is -2.01. The van der Waals surface area contributed by atoms with E-state index in [4.69, 9.17) is 0 Å². The van der Waals surface area contributed by atoms with Crippen molar-refractivity contribution in [2.24, 2.45) is 10.2 Å². The molecule has 0 amide bonds. The van der Waals surface area contributed by atoms with Gasteiger partial charge >= 0.3 is 0 Å². The molecule has 0 aromatic heterocycles. The summed E-state index contributed by atoms with van der Waals surface area (Å²) in [6, 6.07) is 8.65. The first-order valence-corrected chi connectivity index (χ1v) is 5.68. The first kappa shape index (κ1) is 12.6. The maximum absolute atomic E-state index is 4.16. The molecule has 0 fully saturated rings. The summed E-state index contributed by atoms with van der Waals surface area (Å²) in [5.41, 5.74) is 4.74. The van der Waals surface area contributed by atoms with Crippen molar-refractivity contribution in [1.29, 1.82) is 0 Å². The fourth-order valence-electron chi connectivity index (χ4n) is 1.32. The molecule has 0 N–H and O–H groups in total. The van der Waals surface area contributed by atoms with Gasteiger partial charge in [-0.3, -0.25) is 0 Å². The smallest absolute Gasteiger partial charge is 0.0378 e. The average molecular weight is 216 g/mol. The summed E-state index contributed by atoms with van der Waals surface area (Å²) in [5, 5.41) is 8.22. The Labute approximate surface area is 98.1 Å². The quantitative estimate of drug-likeness (QED) is 0.540. The summed E-state index contributed by atoms with van der Waals surface area (Å²) in [5.74, 6) is 0. The normalized spacial score (nSPS) is 11.4. The number of benzene rings is 1. The molecule has 1 rings (SSSR count). The van der Waals surface area contributed by atoms with Crippen molar-refractivity contribution in [2.75, 3.05) is 0 Å². The van der Waals surface area contributed by atoms with E-state index in [2.05, 4.69) is 41.4 Å². The molecule has 0 saturated heterocycles. The zero-order chi connectivity index (χ0) is 12.0. The van der Waals surface area contributed by atoms with E-state index in [0.29, 0.717) is 0 Å². The first-order valence-electron chi connectivity index (χ1n) is 5.68. The minimum Gasteiger partial charge on any atom is -0.161 e. The Hall–Kier alpha value is -1.44. The molecule has 0 atom stereocenters. The lowest BCUT2D eigenvalue weighted by molar-refractivity contribution is 1.01. The van der Waals surface area contributed by atoms with E-state index in [9.17, 15) is 0 Å². The van der Waals surface area contributed by atoms with E-state index >= 15 is 0 Å². The second kappa shape index (κ2) is 6.21. The van der Waals surface area contributed by atoms with Gasteiger partial charge in [0.2, 0.25) is 0 Å². The predicted octanol–water partition coefficient (Wildman–Crippen LogP) is 3.78. The molecule has 2 nitrogen and oxygen atoms in total. The van der Waals surface area contributed by atoms with Crippen LogP contribution < -0.4 is 0 Å². The van der Waals surface area contributed by atoms with E-state index < -0.39 is 0 Å². The van der Waals surface area contributed by atoms with E-state index in [1.807, 2.05) is 20.8 Å². The summed E-state index contributed by atoms with van der Waals surface area (Å²) in [7, 11) is 0. The highest BCUT2D eigenvalue weighted by Crippen LogP contribution is 2.06. The van der Waals surface area contributed by atoms with Crippen LogP contribution in [-0.2, 0) is 6.42 Å². The van der Waals surface area contributed by atoms with E-state index in [1.165, 1.54) is 11.1 Å². The van der Waals surface area contributed by atoms with Gasteiger partial charge in [0.15, 0.2) is 0 Å². The number of aryl methyl sites for hydroxylation is 2. The van der Waals surface area contributed by atoms with Gasteiger partial charge in [-0.25, -0.2) is 0 Å². The van der Waals surface area contributed by atoms with Crippen LogP contribution in [0.1, 0.15) is 38.3 Å². The highest BCUT2D eigenvalue weighted by Gasteiger charge is 1.95. The molecule has 16 heavy (non-hydrogen) atoms. The van der Waals surface area contributed by atoms with Gasteiger partial charge in [-0.1, -0.05) is 29.8 Å². The Morgan fingerprint density at radius 1 is 1.00 bits per heavy atom. The first-order chi connectivity index (χ1) is 7.58. The van der Waals surface area contributed by atoms with Gasteiger partial charge in [-0.2, -0.15) is 10.2 Å². The van der Waals surface area contributed by atoms with Crippen LogP contribution in [0.25, 0.3) is 0 Å². The minimum atomic E-state index is 0.972. The summed E-state index contributed by atoms with van der Waals surface area (Å²) in [6.07, 6.45) is 2.01. The van der Waals surface area contributed by atoms with Crippen LogP contribution in [0, 0.1) is 6.92 Å². The standard InChI is InChI=1S/C14H20N2/c1-11(2)15-16-13(4)7-10-14-8-5-12(3)6-9-14/h5-6,8-9H,7,10H2,1-4H3/b16-13+. The van der Waals surface area contributed by atoms with Gasteiger partial charge in [-0.15, -0.1) is 0 Å². The molecule has 0 unspecified atom stereocenters. The summed E-state index contributed by atoms with van der Waals surface area (Å²) < 4.78 is 0. The van der Waals surface area contributed by atoms with Crippen LogP contribution in [0.15, 0.2) is 34.5 Å². The minimum absolute atomic E-state index is 0.972. The average Bonchev–Trinajstić information content (AvgIpc) is 2.25. The largest absolute Gasteiger partial charge is 0.161 e. The molecule has 0 spiro atoms. The maximum atomic E-state index is 4.16. The summed E-state index contributed by atoms with van der Waals surface area (Å²) >= 11 is 0. The van der Waals surface area contributed by atoms with E-state index in [0.717, 1.165) is 24.3 Å². The van der Waals surface area contributed by atoms with Crippen LogP contribution in [0.5, 0.6) is 0 Å². The van der Waals surface area contributed by atoms with E-state index in [-0.39, 0.29) is 0 Å². The fourth-order valence-corrected chi connectivity index (χ4v) is 1.32. The van der Waals surface area contributed by atoms with Crippen molar-refractivity contribution in [3.63, 3.8) is 0 Å². The topological polar surface area (TPSA) is 24.7 Å². The number of rotatable bonds is 4. The van der Waals surface area contributed by atoms with Crippen LogP contribution in [0.2, 0.25) is 0 Å². The Bertz CT molecular complexity index is 382. The molecule has 2 heteroatoms. The van der Waals surface area contributed by atoms with Crippen molar-refractivity contribution in [3.8, 4) is 0 Å². The summed E-state index contributed by atoms with van der Waals surface area (Å²) in [6.45, 7) is 8.05. The third-order valence-corrected chi connectivity index (χ3v) is 2.32. The molecule has 0 radical (unpaired) electrons. The molecule has 0 heterocycles. The van der Waals surface area contributed by atoms with Crippen molar-refractivity contribution in [2.45, 2.75) is 40.5 Å². The Balaban J connectivity index is 2.48. The molecule has 0 bridgehead atoms. The second-order valence-corrected chi connectivity index (χ2v) is 4.37. The number of hydrogen-bond donors (Lipinski definition) is 0. The van der Waals surface area contributed by atoms with Gasteiger partial charge < -0.3 is 0 Å². The van der Waals surface area contributed by atoms with Crippen LogP contribution in [0.4, 0.5) is 0 Å². The molecule has 1 aromatic rings. The van der Waals surface area contributed by atoms with Crippen LogP contribution in [0.3, 0.4) is 0 Å². The van der Waals surface area contributed by atoms with Crippen LogP contribution in [-0.4, -0.2) is 11.4 Å². The number of hydrogen-bond acceptors (Lipinski definition) is 2. The summed E-state index contributed by atoms with van der Waals surface area (Å²) in [4.78, 5) is 0. The molecule has 86 valence electrons. The van der Waals surface area contributed by atoms with E-state index in [1.54, 1.807) is 0 Å². The Morgan fingerprint density at radius 2 is 1.62 bits per heavy atom. The van der Waals surface area contributed by atoms with Gasteiger partial charge in [-0.05, 0) is 46.1 Å². The molecule has 0 aliphatic carbocycles. The van der Waals surface area contributed by atoms with Gasteiger partial charge in [0, 0.05) is 11.4 Å². The zero-order valence-electron chi connectivity index (χ0n) is 10.6. The molecular formula is C14H20N2. The monoisotopic (exact) mass is 216 g/mol. The van der Waals surface area contributed by atoms with Crippen molar-refractivity contribution < 1.29 is 0 Å². The van der Waals surface area contributed by atoms with Crippen molar-refractivity contribution in [1.82, 2.24) is 0 Å². The SMILES string of the molecule is CC(C)=N/N=C(\C)CCc1ccc(C)cc1. The number of nitrogens with zero attached hydrogens (tertiary/aromatic N) is 2. The fraction of sp³-hybridized carbons (Fsp3) is 0.429. The highest BCUT2D eigenvalue weighted by atomic mass is 15.2. The Morgan fingerprint density at radius 3 is 2.19 bits per heavy atom. The lowest BCUT2D eigenvalue weighted by atomic mass is 10.1. The Kier molecular flexibility index (Phi) is 4.90. The molecule has 1 aromatic carbocycles. The molecule has 0 saturated carbocycles. The second-order valence-electron chi connectivity index (χ2n) is 4.37. The van der Waals surface area contributed by atoms with Crippen molar-refractivity contribution >= 4 is 11.4 Å². The van der Waals surface area contributed by atoms with Gasteiger partial charge in [0.1, 0.15) is 0 Å². The van der Waals surface area contributed by atoms with Crippen molar-refractivity contribution in [3.05, 3.63) is 35.4 Å². The molecule has 0 aliphatic rings. The van der Waals surface area contributed by atoms with Gasteiger partial charge in [0.05, 0.1) is 0 Å². The zero-order valence-corrected chi connectivity index (χ0v) is 10.6. The maximum Gasteiger partial charge on any atom is 0.0378 e. The lowest BCUT2D eigenvalue weighted by Crippen LogP contribution is -1.95. The third-order valence-electron chi connectivity index (χ3n) is 2.32. The molecular weight excluding hydrogens is 196 g/mol. The molecule has 0 aliphatic heterocycles. The highest BCUT2D eigenvalue weighted by molar-refractivity contribution is 5.84.